The van der Waals surface area contributed by atoms with Gasteiger partial charge in [0.25, 0.3) is 0 Å². The zero-order chi connectivity index (χ0) is 15.4. The first-order valence-corrected chi connectivity index (χ1v) is 7.59. The molecule has 0 spiro atoms. The molecule has 7 heteroatoms. The van der Waals surface area contributed by atoms with Crippen LogP contribution in [0.4, 0.5) is 0 Å². The number of H-pyrrole nitrogens is 1. The molecule has 0 saturated carbocycles. The lowest BCUT2D eigenvalue weighted by molar-refractivity contribution is -0.156. The van der Waals surface area contributed by atoms with Gasteiger partial charge in [0.15, 0.2) is 3.95 Å². The number of esters is 1. The second kappa shape index (κ2) is 6.99. The summed E-state index contributed by atoms with van der Waals surface area (Å²) < 4.78 is 5.76. The number of aromatic nitrogens is 1. The molecule has 112 valence electrons. The first-order chi connectivity index (χ1) is 9.22. The Kier molecular flexibility index (Phi) is 5.88. The van der Waals surface area contributed by atoms with Crippen molar-refractivity contribution in [2.24, 2.45) is 0 Å². The number of ether oxygens (including phenoxy) is 1. The molecule has 0 radical (unpaired) electrons. The van der Waals surface area contributed by atoms with E-state index < -0.39 is 12.0 Å². The Morgan fingerprint density at radius 2 is 2.00 bits per heavy atom. The van der Waals surface area contributed by atoms with E-state index in [1.54, 1.807) is 27.8 Å². The van der Waals surface area contributed by atoms with Crippen molar-refractivity contribution in [1.82, 2.24) is 9.88 Å². The summed E-state index contributed by atoms with van der Waals surface area (Å²) >= 11 is 6.43. The zero-order valence-electron chi connectivity index (χ0n) is 12.4. The molecule has 1 aromatic heterocycles. The maximum absolute atomic E-state index is 12.2. The van der Waals surface area contributed by atoms with Gasteiger partial charge < -0.3 is 14.6 Å². The molecule has 0 bridgehead atoms. The number of nitrogens with one attached hydrogen (secondary N) is 1. The summed E-state index contributed by atoms with van der Waals surface area (Å²) in [5.41, 5.74) is 0.902. The summed E-state index contributed by atoms with van der Waals surface area (Å²) in [6.07, 6.45) is 0.0461. The molecule has 5 nitrogen and oxygen atoms in total. The number of amides is 1. The van der Waals surface area contributed by atoms with E-state index >= 15 is 0 Å². The van der Waals surface area contributed by atoms with Crippen LogP contribution in [0.3, 0.4) is 0 Å². The van der Waals surface area contributed by atoms with E-state index in [1.165, 1.54) is 16.2 Å². The number of carbonyl (C=O) groups excluding carboxylic acids is 2. The van der Waals surface area contributed by atoms with Crippen LogP contribution in [0.25, 0.3) is 0 Å². The monoisotopic (exact) mass is 316 g/mol. The quantitative estimate of drug-likeness (QED) is 0.669. The van der Waals surface area contributed by atoms with Crippen molar-refractivity contribution < 1.29 is 14.3 Å². The molecule has 1 heterocycles. The third kappa shape index (κ3) is 4.42. The van der Waals surface area contributed by atoms with Gasteiger partial charge in [0.1, 0.15) is 6.04 Å². The van der Waals surface area contributed by atoms with Gasteiger partial charge in [0.05, 0.1) is 12.5 Å². The largest absolute Gasteiger partial charge is 0.461 e. The number of hydrogen-bond acceptors (Lipinski definition) is 5. The molecule has 0 aliphatic carbocycles. The van der Waals surface area contributed by atoms with Crippen LogP contribution in [0.2, 0.25) is 0 Å². The van der Waals surface area contributed by atoms with Crippen LogP contribution in [0, 0.1) is 10.9 Å². The van der Waals surface area contributed by atoms with Crippen LogP contribution >= 0.6 is 23.6 Å². The van der Waals surface area contributed by atoms with Crippen molar-refractivity contribution >= 4 is 35.4 Å². The second-order valence-electron chi connectivity index (χ2n) is 4.91. The van der Waals surface area contributed by atoms with E-state index in [1.807, 2.05) is 6.92 Å². The fourth-order valence-electron chi connectivity index (χ4n) is 1.57. The predicted octanol–water partition coefficient (Wildman–Crippen LogP) is 2.46. The van der Waals surface area contributed by atoms with Crippen molar-refractivity contribution in [2.75, 3.05) is 7.05 Å². The number of hydrogen-bond donors (Lipinski definition) is 1. The Labute approximate surface area is 127 Å². The van der Waals surface area contributed by atoms with Gasteiger partial charge in [-0.15, -0.1) is 11.3 Å². The summed E-state index contributed by atoms with van der Waals surface area (Å²) in [6.45, 7) is 7.10. The van der Waals surface area contributed by atoms with Gasteiger partial charge in [0.2, 0.25) is 5.91 Å². The van der Waals surface area contributed by atoms with Crippen molar-refractivity contribution in [2.45, 2.75) is 46.3 Å². The third-order valence-electron chi connectivity index (χ3n) is 2.90. The van der Waals surface area contributed by atoms with Gasteiger partial charge in [-0.05, 0) is 39.9 Å². The first kappa shape index (κ1) is 16.8. The lowest BCUT2D eigenvalue weighted by Gasteiger charge is -2.24. The summed E-state index contributed by atoms with van der Waals surface area (Å²) in [5.74, 6) is -0.527. The average molecular weight is 316 g/mol. The minimum atomic E-state index is -0.600. The molecule has 0 fully saturated rings. The number of likely N-dealkylation sites (N-methyl/N-ethyl adjacent to an activating group) is 1. The van der Waals surface area contributed by atoms with Crippen LogP contribution in [-0.2, 0) is 20.7 Å². The SMILES string of the molecule is Cc1[nH]c(=S)sc1CC(=O)N(C)C(C)C(=O)OC(C)C. The Balaban J connectivity index is 2.69. The van der Waals surface area contributed by atoms with Gasteiger partial charge >= 0.3 is 5.97 Å². The van der Waals surface area contributed by atoms with E-state index in [0.717, 1.165) is 10.6 Å². The number of thiazole rings is 1. The van der Waals surface area contributed by atoms with Gasteiger partial charge in [0, 0.05) is 17.6 Å². The molecule has 20 heavy (non-hydrogen) atoms. The number of nitrogens with zero attached hydrogens (tertiary/aromatic N) is 1. The Morgan fingerprint density at radius 3 is 2.45 bits per heavy atom. The van der Waals surface area contributed by atoms with Crippen molar-refractivity contribution in [3.63, 3.8) is 0 Å². The standard InChI is InChI=1S/C13H20N2O3S2/c1-7(2)18-12(17)9(4)15(5)11(16)6-10-8(3)14-13(19)20-10/h7,9H,6H2,1-5H3,(H,14,19). The van der Waals surface area contributed by atoms with Crippen LogP contribution in [0.1, 0.15) is 31.3 Å². The Morgan fingerprint density at radius 1 is 1.40 bits per heavy atom. The van der Waals surface area contributed by atoms with Crippen LogP contribution in [-0.4, -0.2) is 41.0 Å². The van der Waals surface area contributed by atoms with E-state index in [2.05, 4.69) is 4.98 Å². The molecule has 1 unspecified atom stereocenters. The molecule has 1 atom stereocenters. The van der Waals surface area contributed by atoms with Crippen LogP contribution in [0.5, 0.6) is 0 Å². The third-order valence-corrected chi connectivity index (χ3v) is 4.24. The Hall–Kier alpha value is -1.21. The lowest BCUT2D eigenvalue weighted by Crippen LogP contribution is -2.42. The molecular weight excluding hydrogens is 296 g/mol. The van der Waals surface area contributed by atoms with Gasteiger partial charge in [-0.1, -0.05) is 0 Å². The zero-order valence-corrected chi connectivity index (χ0v) is 14.0. The molecule has 0 aliphatic rings. The molecule has 1 N–H and O–H groups in total. The lowest BCUT2D eigenvalue weighted by atomic mass is 10.2. The molecule has 0 aromatic carbocycles. The average Bonchev–Trinajstić information content (AvgIpc) is 2.64. The summed E-state index contributed by atoms with van der Waals surface area (Å²) in [4.78, 5) is 29.3. The fraction of sp³-hybridized carbons (Fsp3) is 0.615. The van der Waals surface area contributed by atoms with Crippen molar-refractivity contribution in [1.29, 1.82) is 0 Å². The highest BCUT2D eigenvalue weighted by Gasteiger charge is 2.25. The van der Waals surface area contributed by atoms with E-state index in [9.17, 15) is 9.59 Å². The second-order valence-corrected chi connectivity index (χ2v) is 6.68. The molecular formula is C13H20N2O3S2. The van der Waals surface area contributed by atoms with E-state index in [4.69, 9.17) is 17.0 Å². The van der Waals surface area contributed by atoms with E-state index in [0.29, 0.717) is 3.95 Å². The molecule has 0 aliphatic heterocycles. The highest BCUT2D eigenvalue weighted by molar-refractivity contribution is 7.73. The van der Waals surface area contributed by atoms with Gasteiger partial charge in [-0.2, -0.15) is 0 Å². The minimum absolute atomic E-state index is 0.133. The van der Waals surface area contributed by atoms with Gasteiger partial charge in [-0.3, -0.25) is 4.79 Å². The minimum Gasteiger partial charge on any atom is -0.461 e. The van der Waals surface area contributed by atoms with Crippen LogP contribution < -0.4 is 0 Å². The van der Waals surface area contributed by atoms with Crippen LogP contribution in [0.15, 0.2) is 0 Å². The number of aryl methyl sites for hydroxylation is 1. The Bertz CT molecular complexity index is 548. The highest BCUT2D eigenvalue weighted by atomic mass is 32.1. The summed E-state index contributed by atoms with van der Waals surface area (Å²) in [6, 6.07) is -0.600. The van der Waals surface area contributed by atoms with Crippen molar-refractivity contribution in [3.05, 3.63) is 14.5 Å². The maximum Gasteiger partial charge on any atom is 0.328 e. The number of aromatic amines is 1. The first-order valence-electron chi connectivity index (χ1n) is 6.37. The smallest absolute Gasteiger partial charge is 0.328 e. The number of carbonyl (C=O) groups is 2. The molecule has 1 rings (SSSR count). The van der Waals surface area contributed by atoms with Gasteiger partial charge in [-0.25, -0.2) is 4.79 Å². The van der Waals surface area contributed by atoms with E-state index in [-0.39, 0.29) is 18.4 Å². The highest BCUT2D eigenvalue weighted by Crippen LogP contribution is 2.16. The molecule has 1 amide bonds. The number of rotatable bonds is 5. The molecule has 0 saturated heterocycles. The predicted molar refractivity (Wildman–Crippen MR) is 81.4 cm³/mol. The normalized spacial score (nSPS) is 12.3. The fourth-order valence-corrected chi connectivity index (χ4v) is 2.85. The molecule has 1 aromatic rings. The van der Waals surface area contributed by atoms with Crippen molar-refractivity contribution in [3.8, 4) is 0 Å². The summed E-state index contributed by atoms with van der Waals surface area (Å²) in [7, 11) is 1.61. The topological polar surface area (TPSA) is 62.4 Å². The maximum atomic E-state index is 12.2. The summed E-state index contributed by atoms with van der Waals surface area (Å²) in [5, 5.41) is 0.